The van der Waals surface area contributed by atoms with Crippen LogP contribution in [0.1, 0.15) is 86.6 Å². The first-order valence-corrected chi connectivity index (χ1v) is 19.8. The molecule has 0 atom stereocenters. The molecule has 62 heavy (non-hydrogen) atoms. The van der Waals surface area contributed by atoms with E-state index in [0.29, 0.717) is 5.56 Å². The van der Waals surface area contributed by atoms with Crippen LogP contribution in [0.25, 0.3) is 0 Å². The highest BCUT2D eigenvalue weighted by atomic mass is 16.3. The van der Waals surface area contributed by atoms with Crippen LogP contribution in [-0.2, 0) is 6.61 Å². The molecule has 6 aromatic rings. The Labute approximate surface area is 367 Å². The lowest BCUT2D eigenvalue weighted by Crippen LogP contribution is -1.80. The van der Waals surface area contributed by atoms with Crippen molar-refractivity contribution in [3.8, 4) is 69.0 Å². The summed E-state index contributed by atoms with van der Waals surface area (Å²) >= 11 is 0. The summed E-state index contributed by atoms with van der Waals surface area (Å²) in [4.78, 5) is 0. The van der Waals surface area contributed by atoms with Crippen molar-refractivity contribution in [1.82, 2.24) is 0 Å². The van der Waals surface area contributed by atoms with Crippen molar-refractivity contribution >= 4 is 0 Å². The van der Waals surface area contributed by atoms with Crippen molar-refractivity contribution in [2.45, 2.75) is 87.7 Å². The van der Waals surface area contributed by atoms with E-state index in [1.807, 2.05) is 0 Å². The van der Waals surface area contributed by atoms with Crippen LogP contribution in [0.4, 0.5) is 0 Å². The molecule has 0 aliphatic rings. The summed E-state index contributed by atoms with van der Waals surface area (Å²) in [6.07, 6.45) is 5.00. The molecule has 0 bridgehead atoms. The molecule has 6 aromatic carbocycles. The standard InChI is InChI=1S/C7H8O3.5C6H6O2.4C3H8/c8-4-5-1-6(9)3-7(10)2-5;5*7-5-2-1-3-6(8)4-5;4*1-3-2/h1-3,8-10H,4H2;5*1-4,7-8H;4*3H2,1-2H3. The molecule has 0 radical (unpaired) electrons. The number of rotatable bonds is 1. The van der Waals surface area contributed by atoms with Crippen LogP contribution in [0.5, 0.6) is 69.0 Å². The minimum Gasteiger partial charge on any atom is -0.508 e. The largest absolute Gasteiger partial charge is 0.508 e. The van der Waals surface area contributed by atoms with E-state index in [1.165, 1.54) is 135 Å². The predicted octanol–water partition coefficient (Wildman–Crippen LogP) is 11.7. The van der Waals surface area contributed by atoms with E-state index in [9.17, 15) is 0 Å². The van der Waals surface area contributed by atoms with Crippen LogP contribution in [-0.4, -0.2) is 66.4 Å². The van der Waals surface area contributed by atoms with Crippen molar-refractivity contribution in [2.75, 3.05) is 0 Å². The first kappa shape index (κ1) is 61.5. The number of hydrogen-bond acceptors (Lipinski definition) is 13. The quantitative estimate of drug-likeness (QED) is 0.0734. The summed E-state index contributed by atoms with van der Waals surface area (Å²) in [5, 5.41) is 113. The van der Waals surface area contributed by atoms with Gasteiger partial charge in [0.1, 0.15) is 69.0 Å². The van der Waals surface area contributed by atoms with E-state index < -0.39 is 0 Å². The van der Waals surface area contributed by atoms with Crippen LogP contribution < -0.4 is 0 Å². The zero-order chi connectivity index (χ0) is 48.3. The maximum absolute atomic E-state index is 8.85. The third kappa shape index (κ3) is 44.0. The molecule has 0 amide bonds. The third-order valence-corrected chi connectivity index (χ3v) is 5.29. The number of aromatic hydroxyl groups is 12. The second-order valence-corrected chi connectivity index (χ2v) is 12.4. The Hall–Kier alpha value is -7.12. The molecular weight excluding hydrogens is 797 g/mol. The zero-order valence-electron chi connectivity index (χ0n) is 37.1. The number of hydrogen-bond donors (Lipinski definition) is 13. The highest BCUT2D eigenvalue weighted by Gasteiger charge is 1.96. The molecule has 0 aliphatic carbocycles. The molecule has 0 spiro atoms. The van der Waals surface area contributed by atoms with Crippen LogP contribution >= 0.6 is 0 Å². The van der Waals surface area contributed by atoms with Gasteiger partial charge in [0.25, 0.3) is 0 Å². The number of phenolic OH excluding ortho intramolecular Hbond substituents is 12. The maximum Gasteiger partial charge on any atom is 0.119 e. The maximum atomic E-state index is 8.85. The fourth-order valence-corrected chi connectivity index (χ4v) is 3.21. The monoisotopic (exact) mass is 866 g/mol. The van der Waals surface area contributed by atoms with Gasteiger partial charge in [-0.2, -0.15) is 0 Å². The van der Waals surface area contributed by atoms with Gasteiger partial charge in [0.05, 0.1) is 6.61 Å². The third-order valence-electron chi connectivity index (χ3n) is 5.29. The van der Waals surface area contributed by atoms with Gasteiger partial charge in [-0.1, -0.05) is 111 Å². The van der Waals surface area contributed by atoms with Crippen molar-refractivity contribution in [3.05, 3.63) is 145 Å². The Balaban J connectivity index is -0.000000310. The van der Waals surface area contributed by atoms with E-state index in [-0.39, 0.29) is 75.6 Å². The Bertz CT molecular complexity index is 1550. The first-order chi connectivity index (χ1) is 29.3. The Morgan fingerprint density at radius 1 is 0.242 bits per heavy atom. The van der Waals surface area contributed by atoms with Gasteiger partial charge in [-0.3, -0.25) is 0 Å². The van der Waals surface area contributed by atoms with Gasteiger partial charge in [-0.05, 0) is 78.4 Å². The van der Waals surface area contributed by atoms with E-state index in [2.05, 4.69) is 55.4 Å². The molecule has 344 valence electrons. The molecule has 0 aliphatic heterocycles. The van der Waals surface area contributed by atoms with Crippen LogP contribution in [0.2, 0.25) is 0 Å². The minimum atomic E-state index is -0.179. The molecule has 0 saturated carbocycles. The van der Waals surface area contributed by atoms with Crippen LogP contribution in [0, 0.1) is 0 Å². The topological polar surface area (TPSA) is 263 Å². The number of aliphatic hydroxyl groups is 1. The summed E-state index contributed by atoms with van der Waals surface area (Å²) in [6, 6.07) is 33.2. The number of benzene rings is 6. The minimum absolute atomic E-state index is 0.0379. The molecule has 0 fully saturated rings. The van der Waals surface area contributed by atoms with Gasteiger partial charge in [-0.15, -0.1) is 0 Å². The molecule has 0 unspecified atom stereocenters. The molecule has 13 heteroatoms. The molecular formula is C49H70O13. The van der Waals surface area contributed by atoms with Gasteiger partial charge in [0.2, 0.25) is 0 Å². The summed E-state index contributed by atoms with van der Waals surface area (Å²) in [5.74, 6) is 0.804. The second kappa shape index (κ2) is 42.0. The molecule has 0 aromatic heterocycles. The van der Waals surface area contributed by atoms with Crippen molar-refractivity contribution in [1.29, 1.82) is 0 Å². The smallest absolute Gasteiger partial charge is 0.119 e. The Morgan fingerprint density at radius 2 is 0.371 bits per heavy atom. The van der Waals surface area contributed by atoms with Gasteiger partial charge < -0.3 is 66.4 Å². The normalized spacial score (nSPS) is 8.53. The van der Waals surface area contributed by atoms with Crippen LogP contribution in [0.15, 0.2) is 140 Å². The SMILES string of the molecule is CCC.CCC.CCC.CCC.OCc1cc(O)cc(O)c1.Oc1cccc(O)c1.Oc1cccc(O)c1.Oc1cccc(O)c1.Oc1cccc(O)c1.Oc1cccc(O)c1. The predicted molar refractivity (Wildman–Crippen MR) is 248 cm³/mol. The fraction of sp³-hybridized carbons (Fsp3) is 0.265. The number of aliphatic hydroxyl groups excluding tert-OH is 1. The molecule has 13 N–H and O–H groups in total. The molecule has 0 heterocycles. The van der Waals surface area contributed by atoms with E-state index in [0.717, 1.165) is 0 Å². The summed E-state index contributed by atoms with van der Waals surface area (Å²) in [7, 11) is 0. The van der Waals surface area contributed by atoms with Crippen molar-refractivity contribution in [3.63, 3.8) is 0 Å². The first-order valence-electron chi connectivity index (χ1n) is 19.8. The van der Waals surface area contributed by atoms with E-state index >= 15 is 0 Å². The fourth-order valence-electron chi connectivity index (χ4n) is 3.21. The van der Waals surface area contributed by atoms with Crippen molar-refractivity contribution < 1.29 is 66.4 Å². The van der Waals surface area contributed by atoms with Gasteiger partial charge in [-0.25, -0.2) is 0 Å². The van der Waals surface area contributed by atoms with E-state index in [1.54, 1.807) is 30.3 Å². The lowest BCUT2D eigenvalue weighted by molar-refractivity contribution is 0.280. The van der Waals surface area contributed by atoms with Gasteiger partial charge >= 0.3 is 0 Å². The average Bonchev–Trinajstić information content (AvgIpc) is 3.17. The zero-order valence-corrected chi connectivity index (χ0v) is 37.1. The average molecular weight is 867 g/mol. The molecule has 6 rings (SSSR count). The Morgan fingerprint density at radius 3 is 0.468 bits per heavy atom. The highest BCUT2D eigenvalue weighted by Crippen LogP contribution is 2.20. The van der Waals surface area contributed by atoms with Gasteiger partial charge in [0, 0.05) is 36.4 Å². The highest BCUT2D eigenvalue weighted by molar-refractivity contribution is 5.36. The van der Waals surface area contributed by atoms with Gasteiger partial charge in [0.15, 0.2) is 0 Å². The Kier molecular flexibility index (Phi) is 41.7. The lowest BCUT2D eigenvalue weighted by Gasteiger charge is -1.97. The second-order valence-electron chi connectivity index (χ2n) is 12.4. The number of phenols is 12. The molecule has 0 saturated heterocycles. The summed E-state index contributed by atoms with van der Waals surface area (Å²) < 4.78 is 0. The summed E-state index contributed by atoms with van der Waals surface area (Å²) in [6.45, 7) is 16.8. The summed E-state index contributed by atoms with van der Waals surface area (Å²) in [5.41, 5.74) is 0.498. The van der Waals surface area contributed by atoms with E-state index in [4.69, 9.17) is 66.4 Å². The lowest BCUT2D eigenvalue weighted by atomic mass is 10.2. The van der Waals surface area contributed by atoms with Crippen LogP contribution in [0.3, 0.4) is 0 Å². The van der Waals surface area contributed by atoms with Crippen molar-refractivity contribution in [2.24, 2.45) is 0 Å². The molecule has 13 nitrogen and oxygen atoms in total.